The summed E-state index contributed by atoms with van der Waals surface area (Å²) in [5.41, 5.74) is 0.442. The molecule has 0 unspecified atom stereocenters. The highest BCUT2D eigenvalue weighted by Gasteiger charge is 2.17. The highest BCUT2D eigenvalue weighted by molar-refractivity contribution is 5.67. The average molecular weight is 169 g/mol. The van der Waals surface area contributed by atoms with Crippen LogP contribution in [0.2, 0.25) is 0 Å². The zero-order valence-corrected chi connectivity index (χ0v) is 7.72. The van der Waals surface area contributed by atoms with Gasteiger partial charge in [-0.1, -0.05) is 33.4 Å². The van der Waals surface area contributed by atoms with Crippen LogP contribution >= 0.6 is 0 Å². The molecule has 0 aliphatic carbocycles. The second kappa shape index (κ2) is 3.95. The van der Waals surface area contributed by atoms with Gasteiger partial charge in [0.15, 0.2) is 0 Å². The quantitative estimate of drug-likeness (QED) is 0.623. The number of nitrogens with one attached hydrogen (secondary N) is 1. The third-order valence-electron chi connectivity index (χ3n) is 1.33. The molecule has 0 spiro atoms. The van der Waals surface area contributed by atoms with E-state index in [-0.39, 0.29) is 5.41 Å². The molecule has 0 radical (unpaired) electrons. The number of allylic oxidation sites excluding steroid dienone is 3. The first kappa shape index (κ1) is 10.8. The molecule has 0 heterocycles. The summed E-state index contributed by atoms with van der Waals surface area (Å²) in [5, 5.41) is 10.8. The standard InChI is InChI=1S/C9H15NO2/c1-5-6-7(9(2,3)4)10-8(11)12/h5-6,10H,1H2,2-4H3,(H,11,12). The third-order valence-corrected chi connectivity index (χ3v) is 1.33. The van der Waals surface area contributed by atoms with Crippen molar-refractivity contribution in [1.82, 2.24) is 5.32 Å². The van der Waals surface area contributed by atoms with Crippen molar-refractivity contribution in [2.45, 2.75) is 20.8 Å². The van der Waals surface area contributed by atoms with Gasteiger partial charge in [0.05, 0.1) is 0 Å². The van der Waals surface area contributed by atoms with Crippen LogP contribution in [-0.4, -0.2) is 11.2 Å². The Balaban J connectivity index is 4.57. The lowest BCUT2D eigenvalue weighted by molar-refractivity contribution is 0.195. The topological polar surface area (TPSA) is 49.3 Å². The first-order valence-electron chi connectivity index (χ1n) is 3.71. The Bertz CT molecular complexity index is 211. The molecule has 0 saturated carbocycles. The Kier molecular flexibility index (Phi) is 3.54. The maximum absolute atomic E-state index is 10.3. The van der Waals surface area contributed by atoms with Crippen LogP contribution in [0.15, 0.2) is 24.4 Å². The predicted octanol–water partition coefficient (Wildman–Crippen LogP) is 2.37. The number of hydrogen-bond acceptors (Lipinski definition) is 1. The molecule has 0 atom stereocenters. The van der Waals surface area contributed by atoms with E-state index < -0.39 is 6.09 Å². The molecule has 0 bridgehead atoms. The van der Waals surface area contributed by atoms with Crippen molar-refractivity contribution in [3.05, 3.63) is 24.4 Å². The van der Waals surface area contributed by atoms with Gasteiger partial charge in [0.1, 0.15) is 0 Å². The molecule has 0 rings (SSSR count). The maximum atomic E-state index is 10.3. The van der Waals surface area contributed by atoms with Crippen molar-refractivity contribution in [3.8, 4) is 0 Å². The van der Waals surface area contributed by atoms with Crippen LogP contribution in [0.1, 0.15) is 20.8 Å². The molecule has 0 saturated heterocycles. The van der Waals surface area contributed by atoms with Crippen LogP contribution in [0, 0.1) is 5.41 Å². The van der Waals surface area contributed by atoms with E-state index in [9.17, 15) is 4.79 Å². The molecular weight excluding hydrogens is 154 g/mol. The highest BCUT2D eigenvalue weighted by atomic mass is 16.4. The molecule has 0 aromatic carbocycles. The van der Waals surface area contributed by atoms with Crippen molar-refractivity contribution in [1.29, 1.82) is 0 Å². The summed E-state index contributed by atoms with van der Waals surface area (Å²) < 4.78 is 0. The lowest BCUT2D eigenvalue weighted by Gasteiger charge is -2.21. The molecule has 3 heteroatoms. The number of carbonyl (C=O) groups is 1. The number of carboxylic acid groups (broad SMARTS) is 1. The fourth-order valence-corrected chi connectivity index (χ4v) is 0.712. The fourth-order valence-electron chi connectivity index (χ4n) is 0.712. The first-order chi connectivity index (χ1) is 5.38. The number of hydrogen-bond donors (Lipinski definition) is 2. The monoisotopic (exact) mass is 169 g/mol. The van der Waals surface area contributed by atoms with Crippen molar-refractivity contribution < 1.29 is 9.90 Å². The SMILES string of the molecule is C=CC=C(NC(=O)O)C(C)(C)C. The summed E-state index contributed by atoms with van der Waals surface area (Å²) in [6.07, 6.45) is 2.18. The van der Waals surface area contributed by atoms with Crippen LogP contribution in [0.4, 0.5) is 4.79 Å². The summed E-state index contributed by atoms with van der Waals surface area (Å²) >= 11 is 0. The fraction of sp³-hybridized carbons (Fsp3) is 0.444. The third kappa shape index (κ3) is 3.81. The summed E-state index contributed by atoms with van der Waals surface area (Å²) in [5.74, 6) is 0. The molecule has 0 aliphatic heterocycles. The molecule has 3 nitrogen and oxygen atoms in total. The minimum absolute atomic E-state index is 0.202. The van der Waals surface area contributed by atoms with Gasteiger partial charge < -0.3 is 5.11 Å². The number of rotatable bonds is 2. The zero-order valence-electron chi connectivity index (χ0n) is 7.72. The van der Waals surface area contributed by atoms with Gasteiger partial charge in [-0.15, -0.1) is 0 Å². The number of amides is 1. The van der Waals surface area contributed by atoms with Crippen LogP contribution < -0.4 is 5.32 Å². The van der Waals surface area contributed by atoms with Gasteiger partial charge in [0.2, 0.25) is 0 Å². The van der Waals surface area contributed by atoms with Crippen LogP contribution in [0.5, 0.6) is 0 Å². The highest BCUT2D eigenvalue weighted by Crippen LogP contribution is 2.22. The Morgan fingerprint density at radius 1 is 1.50 bits per heavy atom. The normalized spacial score (nSPS) is 12.4. The molecule has 0 fully saturated rings. The van der Waals surface area contributed by atoms with E-state index >= 15 is 0 Å². The molecular formula is C9H15NO2. The molecule has 2 N–H and O–H groups in total. The van der Waals surface area contributed by atoms with E-state index in [0.29, 0.717) is 5.70 Å². The zero-order chi connectivity index (χ0) is 9.78. The second-order valence-corrected chi connectivity index (χ2v) is 3.50. The van der Waals surface area contributed by atoms with Crippen LogP contribution in [0.25, 0.3) is 0 Å². The van der Waals surface area contributed by atoms with E-state index in [1.165, 1.54) is 0 Å². The lowest BCUT2D eigenvalue weighted by Crippen LogP contribution is -2.28. The summed E-state index contributed by atoms with van der Waals surface area (Å²) in [6.45, 7) is 9.30. The van der Waals surface area contributed by atoms with Crippen molar-refractivity contribution in [3.63, 3.8) is 0 Å². The molecule has 12 heavy (non-hydrogen) atoms. The van der Waals surface area contributed by atoms with Crippen molar-refractivity contribution in [2.24, 2.45) is 5.41 Å². The van der Waals surface area contributed by atoms with Gasteiger partial charge in [-0.2, -0.15) is 0 Å². The first-order valence-corrected chi connectivity index (χ1v) is 3.71. The minimum Gasteiger partial charge on any atom is -0.465 e. The van der Waals surface area contributed by atoms with Gasteiger partial charge in [0, 0.05) is 11.1 Å². The molecule has 0 aromatic heterocycles. The summed E-state index contributed by atoms with van der Waals surface area (Å²) in [4.78, 5) is 10.3. The van der Waals surface area contributed by atoms with Gasteiger partial charge in [-0.05, 0) is 6.08 Å². The van der Waals surface area contributed by atoms with E-state index in [4.69, 9.17) is 5.11 Å². The largest absolute Gasteiger partial charge is 0.465 e. The van der Waals surface area contributed by atoms with E-state index in [2.05, 4.69) is 11.9 Å². The predicted molar refractivity (Wildman–Crippen MR) is 48.9 cm³/mol. The van der Waals surface area contributed by atoms with Gasteiger partial charge in [-0.25, -0.2) is 4.79 Å². The van der Waals surface area contributed by atoms with Crippen LogP contribution in [0.3, 0.4) is 0 Å². The van der Waals surface area contributed by atoms with Crippen LogP contribution in [-0.2, 0) is 0 Å². The van der Waals surface area contributed by atoms with Gasteiger partial charge in [0.25, 0.3) is 0 Å². The Morgan fingerprint density at radius 3 is 2.25 bits per heavy atom. The average Bonchev–Trinajstić information content (AvgIpc) is 1.83. The second-order valence-electron chi connectivity index (χ2n) is 3.50. The Labute approximate surface area is 72.8 Å². The molecule has 1 amide bonds. The van der Waals surface area contributed by atoms with Gasteiger partial charge >= 0.3 is 6.09 Å². The molecule has 0 aliphatic rings. The smallest absolute Gasteiger partial charge is 0.408 e. The van der Waals surface area contributed by atoms with Crippen molar-refractivity contribution >= 4 is 6.09 Å². The van der Waals surface area contributed by atoms with E-state index in [1.807, 2.05) is 20.8 Å². The van der Waals surface area contributed by atoms with E-state index in [0.717, 1.165) is 0 Å². The molecule has 0 aromatic rings. The van der Waals surface area contributed by atoms with Crippen molar-refractivity contribution in [2.75, 3.05) is 0 Å². The van der Waals surface area contributed by atoms with E-state index in [1.54, 1.807) is 12.2 Å². The lowest BCUT2D eigenvalue weighted by atomic mass is 9.91. The summed E-state index contributed by atoms with van der Waals surface area (Å²) in [6, 6.07) is 0. The Morgan fingerprint density at radius 2 is 2.00 bits per heavy atom. The maximum Gasteiger partial charge on any atom is 0.408 e. The Hall–Kier alpha value is -1.25. The van der Waals surface area contributed by atoms with Gasteiger partial charge in [-0.3, -0.25) is 5.32 Å². The minimum atomic E-state index is -1.04. The molecule has 68 valence electrons. The summed E-state index contributed by atoms with van der Waals surface area (Å²) in [7, 11) is 0.